The van der Waals surface area contributed by atoms with Gasteiger partial charge in [0.25, 0.3) is 0 Å². The van der Waals surface area contributed by atoms with Gasteiger partial charge in [0.15, 0.2) is 0 Å². The van der Waals surface area contributed by atoms with Gasteiger partial charge in [0, 0.05) is 11.6 Å². The molecule has 0 heterocycles. The predicted molar refractivity (Wildman–Crippen MR) is 66.5 cm³/mol. The van der Waals surface area contributed by atoms with Crippen LogP contribution < -0.4 is 11.1 Å². The molecule has 0 saturated carbocycles. The number of carbonyl (C=O) groups excluding carboxylic acids is 1. The van der Waals surface area contributed by atoms with Crippen LogP contribution in [0.25, 0.3) is 0 Å². The molecule has 0 aliphatic rings. The van der Waals surface area contributed by atoms with E-state index in [1.54, 1.807) is 12.1 Å². The first-order valence-corrected chi connectivity index (χ1v) is 5.81. The van der Waals surface area contributed by atoms with E-state index in [0.29, 0.717) is 24.5 Å². The van der Waals surface area contributed by atoms with Crippen LogP contribution >= 0.6 is 11.6 Å². The first kappa shape index (κ1) is 13.0. The van der Waals surface area contributed by atoms with Crippen molar-refractivity contribution in [3.63, 3.8) is 0 Å². The van der Waals surface area contributed by atoms with Crippen LogP contribution in [0.15, 0.2) is 24.3 Å². The van der Waals surface area contributed by atoms with E-state index in [1.165, 1.54) is 0 Å². The van der Waals surface area contributed by atoms with E-state index in [2.05, 4.69) is 5.32 Å². The molecule has 88 valence electrons. The van der Waals surface area contributed by atoms with Gasteiger partial charge in [-0.15, -0.1) is 0 Å². The highest BCUT2D eigenvalue weighted by Gasteiger charge is 2.02. The third-order valence-electron chi connectivity index (χ3n) is 2.23. The van der Waals surface area contributed by atoms with Crippen LogP contribution in [-0.4, -0.2) is 19.0 Å². The maximum absolute atomic E-state index is 11.5. The Kier molecular flexibility index (Phi) is 5.90. The summed E-state index contributed by atoms with van der Waals surface area (Å²) < 4.78 is 0. The zero-order valence-electron chi connectivity index (χ0n) is 9.21. The number of halogens is 1. The highest BCUT2D eigenvalue weighted by Crippen LogP contribution is 2.09. The van der Waals surface area contributed by atoms with Crippen LogP contribution in [0, 0.1) is 0 Å². The molecule has 0 bridgehead atoms. The minimum atomic E-state index is 0.0411. The maximum Gasteiger partial charge on any atom is 0.224 e. The van der Waals surface area contributed by atoms with Gasteiger partial charge in [0.2, 0.25) is 5.91 Å². The molecule has 0 radical (unpaired) electrons. The molecule has 0 spiro atoms. The Hall–Kier alpha value is -1.06. The van der Waals surface area contributed by atoms with Gasteiger partial charge in [-0.1, -0.05) is 23.7 Å². The highest BCUT2D eigenvalue weighted by molar-refractivity contribution is 6.30. The van der Waals surface area contributed by atoms with E-state index in [1.807, 2.05) is 12.1 Å². The van der Waals surface area contributed by atoms with E-state index >= 15 is 0 Å². The van der Waals surface area contributed by atoms with Gasteiger partial charge >= 0.3 is 0 Å². The Morgan fingerprint density at radius 1 is 1.25 bits per heavy atom. The maximum atomic E-state index is 11.5. The molecule has 3 N–H and O–H groups in total. The van der Waals surface area contributed by atoms with Gasteiger partial charge in [-0.05, 0) is 37.1 Å². The minimum absolute atomic E-state index is 0.0411. The van der Waals surface area contributed by atoms with Gasteiger partial charge < -0.3 is 11.1 Å². The summed E-state index contributed by atoms with van der Waals surface area (Å²) in [7, 11) is 0. The van der Waals surface area contributed by atoms with Crippen molar-refractivity contribution in [2.45, 2.75) is 19.3 Å². The lowest BCUT2D eigenvalue weighted by atomic mass is 10.1. The number of unbranched alkanes of at least 4 members (excludes halogenated alkanes) is 1. The second-order valence-electron chi connectivity index (χ2n) is 3.65. The topological polar surface area (TPSA) is 55.1 Å². The summed E-state index contributed by atoms with van der Waals surface area (Å²) in [4.78, 5) is 11.5. The molecule has 0 fully saturated rings. The van der Waals surface area contributed by atoms with Crippen molar-refractivity contribution in [2.75, 3.05) is 13.1 Å². The molecule has 1 rings (SSSR count). The van der Waals surface area contributed by atoms with Crippen molar-refractivity contribution in [2.24, 2.45) is 5.73 Å². The Labute approximate surface area is 101 Å². The fourth-order valence-corrected chi connectivity index (χ4v) is 1.47. The van der Waals surface area contributed by atoms with E-state index < -0.39 is 0 Å². The second-order valence-corrected chi connectivity index (χ2v) is 4.09. The number of nitrogens with one attached hydrogen (secondary N) is 1. The standard InChI is InChI=1S/C12H17ClN2O/c13-11-5-3-10(4-6-11)9-12(16)15-8-2-1-7-14/h3-6H,1-2,7-9,14H2,(H,15,16). The molecule has 0 aliphatic carbocycles. The zero-order chi connectivity index (χ0) is 11.8. The molecule has 1 aromatic carbocycles. The lowest BCUT2D eigenvalue weighted by Crippen LogP contribution is -2.26. The Bertz CT molecular complexity index is 324. The fraction of sp³-hybridized carbons (Fsp3) is 0.417. The van der Waals surface area contributed by atoms with Gasteiger partial charge in [0.05, 0.1) is 6.42 Å². The van der Waals surface area contributed by atoms with Crippen LogP contribution in [0.2, 0.25) is 5.02 Å². The summed E-state index contributed by atoms with van der Waals surface area (Å²) >= 11 is 5.75. The molecule has 4 heteroatoms. The molecule has 0 aliphatic heterocycles. The molecule has 0 saturated heterocycles. The number of rotatable bonds is 6. The average Bonchev–Trinajstić information content (AvgIpc) is 2.28. The second kappa shape index (κ2) is 7.25. The van der Waals surface area contributed by atoms with Crippen LogP contribution in [0.4, 0.5) is 0 Å². The van der Waals surface area contributed by atoms with Crippen molar-refractivity contribution in [3.05, 3.63) is 34.9 Å². The summed E-state index contributed by atoms with van der Waals surface area (Å²) in [6.45, 7) is 1.37. The van der Waals surface area contributed by atoms with Crippen LogP contribution in [0.3, 0.4) is 0 Å². The van der Waals surface area contributed by atoms with Gasteiger partial charge in [-0.3, -0.25) is 4.79 Å². The Morgan fingerprint density at radius 2 is 1.94 bits per heavy atom. The minimum Gasteiger partial charge on any atom is -0.356 e. The van der Waals surface area contributed by atoms with Crippen molar-refractivity contribution >= 4 is 17.5 Å². The lowest BCUT2D eigenvalue weighted by Gasteiger charge is -2.04. The molecule has 0 aromatic heterocycles. The third-order valence-corrected chi connectivity index (χ3v) is 2.48. The predicted octanol–water partition coefficient (Wildman–Crippen LogP) is 1.74. The first-order valence-electron chi connectivity index (χ1n) is 5.43. The smallest absolute Gasteiger partial charge is 0.224 e. The molecular formula is C12H17ClN2O. The number of amides is 1. The Morgan fingerprint density at radius 3 is 2.56 bits per heavy atom. The summed E-state index contributed by atoms with van der Waals surface area (Å²) in [6, 6.07) is 7.31. The summed E-state index contributed by atoms with van der Waals surface area (Å²) in [5, 5.41) is 3.54. The number of hydrogen-bond acceptors (Lipinski definition) is 2. The summed E-state index contributed by atoms with van der Waals surface area (Å²) in [5.41, 5.74) is 6.33. The molecule has 16 heavy (non-hydrogen) atoms. The fourth-order valence-electron chi connectivity index (χ4n) is 1.35. The molecule has 0 atom stereocenters. The molecule has 3 nitrogen and oxygen atoms in total. The number of carbonyl (C=O) groups is 1. The van der Waals surface area contributed by atoms with Crippen LogP contribution in [-0.2, 0) is 11.2 Å². The molecular weight excluding hydrogens is 224 g/mol. The summed E-state index contributed by atoms with van der Waals surface area (Å²) in [6.07, 6.45) is 2.28. The zero-order valence-corrected chi connectivity index (χ0v) is 9.96. The number of benzene rings is 1. The normalized spacial score (nSPS) is 10.1. The largest absolute Gasteiger partial charge is 0.356 e. The summed E-state index contributed by atoms with van der Waals surface area (Å²) in [5.74, 6) is 0.0411. The van der Waals surface area contributed by atoms with E-state index in [4.69, 9.17) is 17.3 Å². The average molecular weight is 241 g/mol. The van der Waals surface area contributed by atoms with Crippen molar-refractivity contribution < 1.29 is 4.79 Å². The van der Waals surface area contributed by atoms with Crippen molar-refractivity contribution in [1.29, 1.82) is 0 Å². The quantitative estimate of drug-likeness (QED) is 0.745. The molecule has 1 amide bonds. The van der Waals surface area contributed by atoms with E-state index in [0.717, 1.165) is 18.4 Å². The third kappa shape index (κ3) is 5.14. The number of nitrogens with two attached hydrogens (primary N) is 1. The Balaban J connectivity index is 2.26. The molecule has 1 aromatic rings. The molecule has 0 unspecified atom stereocenters. The highest BCUT2D eigenvalue weighted by atomic mass is 35.5. The van der Waals surface area contributed by atoms with Crippen molar-refractivity contribution in [1.82, 2.24) is 5.32 Å². The van der Waals surface area contributed by atoms with Crippen molar-refractivity contribution in [3.8, 4) is 0 Å². The van der Waals surface area contributed by atoms with Gasteiger partial charge in [0.1, 0.15) is 0 Å². The van der Waals surface area contributed by atoms with Gasteiger partial charge in [-0.25, -0.2) is 0 Å². The number of hydrogen-bond donors (Lipinski definition) is 2. The van der Waals surface area contributed by atoms with Crippen LogP contribution in [0.1, 0.15) is 18.4 Å². The SMILES string of the molecule is NCCCCNC(=O)Cc1ccc(Cl)cc1. The van der Waals surface area contributed by atoms with Gasteiger partial charge in [-0.2, -0.15) is 0 Å². The van der Waals surface area contributed by atoms with E-state index in [-0.39, 0.29) is 5.91 Å². The van der Waals surface area contributed by atoms with Crippen LogP contribution in [0.5, 0.6) is 0 Å². The monoisotopic (exact) mass is 240 g/mol. The lowest BCUT2D eigenvalue weighted by molar-refractivity contribution is -0.120. The first-order chi connectivity index (χ1) is 7.72. The van der Waals surface area contributed by atoms with E-state index in [9.17, 15) is 4.79 Å².